The Morgan fingerprint density at radius 3 is 2.20 bits per heavy atom. The topological polar surface area (TPSA) is 26.3 Å². The van der Waals surface area contributed by atoms with E-state index in [0.29, 0.717) is 27.6 Å². The van der Waals surface area contributed by atoms with E-state index in [0.717, 1.165) is 36.0 Å². The minimum Gasteiger partial charge on any atom is -0.461 e. The van der Waals surface area contributed by atoms with Crippen molar-refractivity contribution in [3.05, 3.63) is 0 Å². The third kappa shape index (κ3) is 3.49. The summed E-state index contributed by atoms with van der Waals surface area (Å²) in [5.74, 6) is 4.66. The first-order chi connectivity index (χ1) is 16.2. The Bertz CT molecular complexity index is 851. The van der Waals surface area contributed by atoms with Crippen LogP contribution in [0, 0.1) is 62.6 Å². The van der Waals surface area contributed by atoms with Crippen molar-refractivity contribution in [2.75, 3.05) is 5.88 Å². The number of hydrogen-bond donors (Lipinski definition) is 0. The predicted molar refractivity (Wildman–Crippen MR) is 145 cm³/mol. The van der Waals surface area contributed by atoms with Crippen molar-refractivity contribution in [3.8, 4) is 0 Å². The summed E-state index contributed by atoms with van der Waals surface area (Å²) in [4.78, 5) is 12.1. The standard InChI is InChI=1S/C32H53ClO2/c1-20(2)21-11-14-29(5)17-18-31(7)22(27(21)29)9-10-24-30(6)15-13-25(35-26(34)19-33)28(3,4)23(30)12-16-32(24,31)8/h20-25,27H,9-19H2,1-8H3/t21-,22+,23-,24+,25+,27+,29+,30+,31+,32+/m0/s1. The van der Waals surface area contributed by atoms with Crippen LogP contribution in [0.2, 0.25) is 0 Å². The number of alkyl halides is 1. The molecule has 0 aromatic rings. The Morgan fingerprint density at radius 1 is 0.829 bits per heavy atom. The van der Waals surface area contributed by atoms with E-state index in [2.05, 4.69) is 55.4 Å². The van der Waals surface area contributed by atoms with Gasteiger partial charge in [0.2, 0.25) is 0 Å². The van der Waals surface area contributed by atoms with Crippen LogP contribution in [0.1, 0.15) is 120 Å². The lowest BCUT2D eigenvalue weighted by Gasteiger charge is -2.73. The van der Waals surface area contributed by atoms with Gasteiger partial charge >= 0.3 is 5.97 Å². The van der Waals surface area contributed by atoms with Gasteiger partial charge in [-0.05, 0) is 121 Å². The monoisotopic (exact) mass is 504 g/mol. The third-order valence-electron chi connectivity index (χ3n) is 14.1. The van der Waals surface area contributed by atoms with Crippen LogP contribution < -0.4 is 0 Å². The van der Waals surface area contributed by atoms with Gasteiger partial charge in [-0.15, -0.1) is 11.6 Å². The number of fused-ring (bicyclic) bond motifs is 7. The van der Waals surface area contributed by atoms with E-state index in [4.69, 9.17) is 16.3 Å². The van der Waals surface area contributed by atoms with Crippen molar-refractivity contribution in [2.24, 2.45) is 62.6 Å². The van der Waals surface area contributed by atoms with E-state index in [1.807, 2.05) is 0 Å². The van der Waals surface area contributed by atoms with E-state index in [1.165, 1.54) is 57.8 Å². The predicted octanol–water partition coefficient (Wildman–Crippen LogP) is 8.89. The zero-order chi connectivity index (χ0) is 25.6. The third-order valence-corrected chi connectivity index (χ3v) is 14.3. The van der Waals surface area contributed by atoms with Crippen LogP contribution in [0.15, 0.2) is 0 Å². The lowest BCUT2D eigenvalue weighted by Crippen LogP contribution is -2.66. The first kappa shape index (κ1) is 26.4. The first-order valence-corrected chi connectivity index (χ1v) is 15.5. The SMILES string of the molecule is CC(C)[C@@H]1CC[C@]2(C)CC[C@]3(C)[C@H](CC[C@@H]4[C@]5(C)CC[C@@H](OC(=O)CCl)C(C)(C)[C@@H]5CC[C@]43C)[C@@H]12. The maximum absolute atomic E-state index is 12.1. The maximum Gasteiger partial charge on any atom is 0.321 e. The second kappa shape index (κ2) is 8.38. The molecule has 2 nitrogen and oxygen atoms in total. The Labute approximate surface area is 221 Å². The molecule has 0 aliphatic heterocycles. The van der Waals surface area contributed by atoms with Crippen molar-refractivity contribution < 1.29 is 9.53 Å². The molecule has 0 aromatic carbocycles. The highest BCUT2D eigenvalue weighted by Crippen LogP contribution is 2.77. The van der Waals surface area contributed by atoms with Gasteiger partial charge in [0, 0.05) is 5.41 Å². The van der Waals surface area contributed by atoms with Gasteiger partial charge in [0.15, 0.2) is 0 Å². The Morgan fingerprint density at radius 2 is 1.54 bits per heavy atom. The molecule has 0 bridgehead atoms. The highest BCUT2D eigenvalue weighted by Gasteiger charge is 2.70. The van der Waals surface area contributed by atoms with Crippen molar-refractivity contribution in [1.29, 1.82) is 0 Å². The molecule has 0 N–H and O–H groups in total. The number of carbonyl (C=O) groups is 1. The molecule has 0 spiro atoms. The molecular weight excluding hydrogens is 452 g/mol. The first-order valence-electron chi connectivity index (χ1n) is 15.0. The molecule has 5 saturated carbocycles. The molecule has 10 atom stereocenters. The number of carbonyl (C=O) groups excluding carboxylic acids is 1. The minimum atomic E-state index is -0.247. The van der Waals surface area contributed by atoms with Crippen LogP contribution in [0.25, 0.3) is 0 Å². The normalized spacial score (nSPS) is 52.7. The molecule has 0 heterocycles. The molecule has 5 aliphatic carbocycles. The van der Waals surface area contributed by atoms with Gasteiger partial charge in [0.25, 0.3) is 0 Å². The molecule has 0 saturated heterocycles. The van der Waals surface area contributed by atoms with Gasteiger partial charge in [-0.3, -0.25) is 4.79 Å². The molecule has 35 heavy (non-hydrogen) atoms. The Balaban J connectivity index is 1.47. The zero-order valence-electron chi connectivity index (χ0n) is 24.0. The van der Waals surface area contributed by atoms with Crippen molar-refractivity contribution >= 4 is 17.6 Å². The summed E-state index contributed by atoms with van der Waals surface area (Å²) in [6.07, 6.45) is 13.5. The fourth-order valence-corrected chi connectivity index (χ4v) is 12.2. The molecule has 5 rings (SSSR count). The molecule has 0 radical (unpaired) electrons. The number of halogens is 1. The molecular formula is C32H53ClO2. The van der Waals surface area contributed by atoms with Gasteiger partial charge in [0.05, 0.1) is 0 Å². The highest BCUT2D eigenvalue weighted by molar-refractivity contribution is 6.26. The van der Waals surface area contributed by atoms with Crippen LogP contribution >= 0.6 is 11.6 Å². The number of esters is 1. The molecule has 5 fully saturated rings. The second-order valence-corrected chi connectivity index (χ2v) is 16.0. The van der Waals surface area contributed by atoms with Crippen LogP contribution in [-0.4, -0.2) is 18.0 Å². The van der Waals surface area contributed by atoms with Crippen molar-refractivity contribution in [2.45, 2.75) is 126 Å². The summed E-state index contributed by atoms with van der Waals surface area (Å²) in [6, 6.07) is 0. The van der Waals surface area contributed by atoms with Crippen molar-refractivity contribution in [3.63, 3.8) is 0 Å². The molecule has 200 valence electrons. The van der Waals surface area contributed by atoms with Gasteiger partial charge in [-0.1, -0.05) is 55.4 Å². The lowest BCUT2D eigenvalue weighted by atomic mass is 9.32. The summed E-state index contributed by atoms with van der Waals surface area (Å²) >= 11 is 5.82. The fourth-order valence-electron chi connectivity index (χ4n) is 12.1. The van der Waals surface area contributed by atoms with Gasteiger partial charge in [-0.25, -0.2) is 0 Å². The van der Waals surface area contributed by atoms with Crippen LogP contribution in [0.5, 0.6) is 0 Å². The summed E-state index contributed by atoms with van der Waals surface area (Å²) < 4.78 is 5.94. The number of hydrogen-bond acceptors (Lipinski definition) is 2. The zero-order valence-corrected chi connectivity index (χ0v) is 24.8. The second-order valence-electron chi connectivity index (χ2n) is 15.8. The largest absolute Gasteiger partial charge is 0.461 e. The van der Waals surface area contributed by atoms with Crippen LogP contribution in [0.4, 0.5) is 0 Å². The summed E-state index contributed by atoms with van der Waals surface area (Å²) in [5.41, 5.74) is 1.80. The van der Waals surface area contributed by atoms with Gasteiger partial charge in [-0.2, -0.15) is 0 Å². The van der Waals surface area contributed by atoms with E-state index in [-0.39, 0.29) is 23.4 Å². The summed E-state index contributed by atoms with van der Waals surface area (Å²) in [7, 11) is 0. The highest BCUT2D eigenvalue weighted by atomic mass is 35.5. The van der Waals surface area contributed by atoms with E-state index >= 15 is 0 Å². The molecule has 0 amide bonds. The van der Waals surface area contributed by atoms with E-state index in [1.54, 1.807) is 0 Å². The van der Waals surface area contributed by atoms with E-state index < -0.39 is 0 Å². The van der Waals surface area contributed by atoms with Crippen molar-refractivity contribution in [1.82, 2.24) is 0 Å². The smallest absolute Gasteiger partial charge is 0.321 e. The van der Waals surface area contributed by atoms with Crippen LogP contribution in [-0.2, 0) is 9.53 Å². The van der Waals surface area contributed by atoms with Gasteiger partial charge < -0.3 is 4.74 Å². The molecule has 0 aromatic heterocycles. The number of rotatable bonds is 3. The Hall–Kier alpha value is -0.240. The minimum absolute atomic E-state index is 0.00350. The number of ether oxygens (including phenoxy) is 1. The average Bonchev–Trinajstić information content (AvgIpc) is 3.14. The van der Waals surface area contributed by atoms with E-state index in [9.17, 15) is 4.79 Å². The van der Waals surface area contributed by atoms with Gasteiger partial charge in [0.1, 0.15) is 12.0 Å². The summed E-state index contributed by atoms with van der Waals surface area (Å²) in [6.45, 7) is 20.6. The molecule has 0 unspecified atom stereocenters. The average molecular weight is 505 g/mol. The maximum atomic E-state index is 12.1. The Kier molecular flexibility index (Phi) is 6.31. The van der Waals surface area contributed by atoms with Crippen LogP contribution in [0.3, 0.4) is 0 Å². The molecule has 3 heteroatoms. The lowest BCUT2D eigenvalue weighted by molar-refractivity contribution is -0.250. The summed E-state index contributed by atoms with van der Waals surface area (Å²) in [5, 5.41) is 0. The quantitative estimate of drug-likeness (QED) is 0.283. The fraction of sp³-hybridized carbons (Fsp3) is 0.969. The molecule has 5 aliphatic rings.